The number of nitrogens with one attached hydrogen (secondary N) is 2. The maximum Gasteiger partial charge on any atom is 0.351 e. The first-order valence-corrected chi connectivity index (χ1v) is 9.79. The van der Waals surface area contributed by atoms with Crippen molar-refractivity contribution in [2.45, 2.75) is 46.2 Å². The van der Waals surface area contributed by atoms with Crippen molar-refractivity contribution in [1.82, 2.24) is 10.6 Å². The van der Waals surface area contributed by atoms with E-state index in [1.165, 1.54) is 5.56 Å². The second-order valence-corrected chi connectivity index (χ2v) is 7.96. The Hall–Kier alpha value is -2.51. The summed E-state index contributed by atoms with van der Waals surface area (Å²) in [5, 5.41) is 10.8. The first-order valence-electron chi connectivity index (χ1n) is 8.99. The molecule has 0 aliphatic carbocycles. The number of rotatable bonds is 6. The van der Waals surface area contributed by atoms with Crippen molar-refractivity contribution < 1.29 is 13.8 Å². The molecular formula is C21H27N3O3S. The molecule has 6 nitrogen and oxygen atoms in total. The van der Waals surface area contributed by atoms with E-state index in [0.717, 1.165) is 16.7 Å². The smallest absolute Gasteiger partial charge is 0.351 e. The predicted octanol–water partition coefficient (Wildman–Crippen LogP) is 3.97. The molecule has 0 aliphatic rings. The number of carbonyl (C=O) groups is 2. The van der Waals surface area contributed by atoms with E-state index in [-0.39, 0.29) is 11.4 Å². The SMILES string of the molecule is Cc1cc(CNC(=O)NCc2ccc(C(C)(C)C)cc2)ccc1C(=O)OSN. The minimum atomic E-state index is -0.486. The molecule has 2 aromatic carbocycles. The summed E-state index contributed by atoms with van der Waals surface area (Å²) in [6.45, 7) is 9.13. The van der Waals surface area contributed by atoms with Crippen LogP contribution in [0.15, 0.2) is 42.5 Å². The number of benzene rings is 2. The summed E-state index contributed by atoms with van der Waals surface area (Å²) in [6.07, 6.45) is 0. The molecule has 28 heavy (non-hydrogen) atoms. The molecule has 0 fully saturated rings. The van der Waals surface area contributed by atoms with Gasteiger partial charge in [-0.25, -0.2) is 14.7 Å². The number of aryl methyl sites for hydroxylation is 1. The van der Waals surface area contributed by atoms with Crippen molar-refractivity contribution in [2.24, 2.45) is 5.14 Å². The van der Waals surface area contributed by atoms with Crippen LogP contribution in [0.4, 0.5) is 4.79 Å². The van der Waals surface area contributed by atoms with E-state index < -0.39 is 5.97 Å². The Morgan fingerprint density at radius 3 is 2.11 bits per heavy atom. The Morgan fingerprint density at radius 1 is 1.00 bits per heavy atom. The van der Waals surface area contributed by atoms with Gasteiger partial charge in [-0.15, -0.1) is 0 Å². The zero-order valence-corrected chi connectivity index (χ0v) is 17.5. The number of hydrogen-bond donors (Lipinski definition) is 3. The van der Waals surface area contributed by atoms with Gasteiger partial charge in [0.2, 0.25) is 0 Å². The molecule has 150 valence electrons. The van der Waals surface area contributed by atoms with Crippen LogP contribution in [-0.4, -0.2) is 12.0 Å². The molecule has 0 aliphatic heterocycles. The van der Waals surface area contributed by atoms with Crippen LogP contribution >= 0.6 is 12.2 Å². The highest BCUT2D eigenvalue weighted by Crippen LogP contribution is 2.22. The molecular weight excluding hydrogens is 374 g/mol. The standard InChI is InChI=1S/C21H27N3O3S/c1-14-11-16(7-10-18(14)19(25)27-28-22)13-24-20(26)23-12-15-5-8-17(9-6-15)21(2,3)4/h5-11H,12-13,22H2,1-4H3,(H2,23,24,26). The van der Waals surface area contributed by atoms with E-state index >= 15 is 0 Å². The van der Waals surface area contributed by atoms with Gasteiger partial charge >= 0.3 is 12.0 Å². The molecule has 0 aromatic heterocycles. The molecule has 2 aromatic rings. The van der Waals surface area contributed by atoms with Crippen molar-refractivity contribution in [1.29, 1.82) is 0 Å². The Kier molecular flexibility index (Phi) is 7.48. The summed E-state index contributed by atoms with van der Waals surface area (Å²) in [5.41, 5.74) is 4.51. The lowest BCUT2D eigenvalue weighted by Gasteiger charge is -2.19. The van der Waals surface area contributed by atoms with Crippen LogP contribution in [0.25, 0.3) is 0 Å². The topological polar surface area (TPSA) is 93.5 Å². The van der Waals surface area contributed by atoms with E-state index in [9.17, 15) is 9.59 Å². The fourth-order valence-electron chi connectivity index (χ4n) is 2.70. The van der Waals surface area contributed by atoms with Gasteiger partial charge in [0.05, 0.1) is 5.56 Å². The molecule has 7 heteroatoms. The molecule has 2 amide bonds. The van der Waals surface area contributed by atoms with Crippen LogP contribution in [0.2, 0.25) is 0 Å². The lowest BCUT2D eigenvalue weighted by atomic mass is 9.87. The van der Waals surface area contributed by atoms with E-state index in [4.69, 9.17) is 9.32 Å². The lowest BCUT2D eigenvalue weighted by molar-refractivity contribution is 0.0767. The molecule has 0 bridgehead atoms. The summed E-state index contributed by atoms with van der Waals surface area (Å²) >= 11 is 0.522. The zero-order chi connectivity index (χ0) is 20.7. The number of amides is 2. The van der Waals surface area contributed by atoms with Gasteiger partial charge in [-0.2, -0.15) is 0 Å². The molecule has 0 saturated carbocycles. The fourth-order valence-corrected chi connectivity index (χ4v) is 2.88. The van der Waals surface area contributed by atoms with Gasteiger partial charge in [-0.05, 0) is 40.7 Å². The lowest BCUT2D eigenvalue weighted by Crippen LogP contribution is -2.34. The van der Waals surface area contributed by atoms with Crippen LogP contribution in [-0.2, 0) is 22.7 Å². The minimum absolute atomic E-state index is 0.108. The summed E-state index contributed by atoms with van der Waals surface area (Å²) in [6, 6.07) is 13.3. The maximum atomic E-state index is 12.0. The molecule has 2 rings (SSSR count). The van der Waals surface area contributed by atoms with E-state index in [1.54, 1.807) is 12.1 Å². The quantitative estimate of drug-likeness (QED) is 0.503. The van der Waals surface area contributed by atoms with Gasteiger partial charge < -0.3 is 14.8 Å². The van der Waals surface area contributed by atoms with E-state index in [1.807, 2.05) is 25.1 Å². The van der Waals surface area contributed by atoms with Gasteiger partial charge in [-0.1, -0.05) is 57.2 Å². The van der Waals surface area contributed by atoms with Gasteiger partial charge in [0, 0.05) is 13.1 Å². The van der Waals surface area contributed by atoms with Gasteiger partial charge in [0.1, 0.15) is 12.2 Å². The Bertz CT molecular complexity index is 830. The maximum absolute atomic E-state index is 12.0. The second-order valence-electron chi connectivity index (χ2n) is 7.60. The summed E-state index contributed by atoms with van der Waals surface area (Å²) < 4.78 is 4.72. The molecule has 0 saturated heterocycles. The fraction of sp³-hybridized carbons (Fsp3) is 0.333. The normalized spacial score (nSPS) is 11.0. The molecule has 0 atom stereocenters. The Labute approximate surface area is 170 Å². The van der Waals surface area contributed by atoms with E-state index in [0.29, 0.717) is 30.9 Å². The van der Waals surface area contributed by atoms with Crippen molar-refractivity contribution in [3.8, 4) is 0 Å². The first-order chi connectivity index (χ1) is 13.2. The van der Waals surface area contributed by atoms with E-state index in [2.05, 4.69) is 43.5 Å². The molecule has 4 N–H and O–H groups in total. The number of urea groups is 1. The van der Waals surface area contributed by atoms with Crippen molar-refractivity contribution in [2.75, 3.05) is 0 Å². The summed E-state index contributed by atoms with van der Waals surface area (Å²) in [4.78, 5) is 23.8. The Morgan fingerprint density at radius 2 is 1.57 bits per heavy atom. The minimum Gasteiger partial charge on any atom is -0.371 e. The third-order valence-corrected chi connectivity index (χ3v) is 4.61. The zero-order valence-electron chi connectivity index (χ0n) is 16.7. The van der Waals surface area contributed by atoms with Gasteiger partial charge in [-0.3, -0.25) is 0 Å². The molecule has 0 unspecified atom stereocenters. The Balaban J connectivity index is 1.84. The van der Waals surface area contributed by atoms with Gasteiger partial charge in [0.25, 0.3) is 0 Å². The second kappa shape index (κ2) is 9.61. The largest absolute Gasteiger partial charge is 0.371 e. The van der Waals surface area contributed by atoms with Crippen molar-refractivity contribution in [3.05, 3.63) is 70.3 Å². The number of carbonyl (C=O) groups excluding carboxylic acids is 2. The van der Waals surface area contributed by atoms with Crippen LogP contribution in [0, 0.1) is 6.92 Å². The highest BCUT2D eigenvalue weighted by atomic mass is 32.2. The highest BCUT2D eigenvalue weighted by molar-refractivity contribution is 7.92. The van der Waals surface area contributed by atoms with Gasteiger partial charge in [0.15, 0.2) is 0 Å². The predicted molar refractivity (Wildman–Crippen MR) is 113 cm³/mol. The number of hydrogen-bond acceptors (Lipinski definition) is 5. The average molecular weight is 402 g/mol. The third-order valence-electron chi connectivity index (χ3n) is 4.36. The summed E-state index contributed by atoms with van der Waals surface area (Å²) in [7, 11) is 0. The average Bonchev–Trinajstić information content (AvgIpc) is 2.64. The van der Waals surface area contributed by atoms with Crippen molar-refractivity contribution >= 4 is 24.2 Å². The highest BCUT2D eigenvalue weighted by Gasteiger charge is 2.13. The molecule has 0 spiro atoms. The monoisotopic (exact) mass is 401 g/mol. The number of nitrogens with two attached hydrogens (primary N) is 1. The molecule has 0 radical (unpaired) electrons. The first kappa shape index (κ1) is 21.8. The van der Waals surface area contributed by atoms with Crippen LogP contribution < -0.4 is 15.8 Å². The van der Waals surface area contributed by atoms with Crippen LogP contribution in [0.5, 0.6) is 0 Å². The summed E-state index contributed by atoms with van der Waals surface area (Å²) in [5.74, 6) is -0.486. The molecule has 0 heterocycles. The van der Waals surface area contributed by atoms with Crippen molar-refractivity contribution in [3.63, 3.8) is 0 Å². The third kappa shape index (κ3) is 6.28. The van der Waals surface area contributed by atoms with Crippen LogP contribution in [0.3, 0.4) is 0 Å². The van der Waals surface area contributed by atoms with Crippen LogP contribution in [0.1, 0.15) is 53.4 Å².